The summed E-state index contributed by atoms with van der Waals surface area (Å²) in [4.78, 5) is 2.62. The van der Waals surface area contributed by atoms with E-state index in [1.165, 1.54) is 45.1 Å². The maximum atomic E-state index is 9.96. The highest BCUT2D eigenvalue weighted by Crippen LogP contribution is 2.28. The van der Waals surface area contributed by atoms with Gasteiger partial charge in [-0.25, -0.2) is 0 Å². The lowest BCUT2D eigenvalue weighted by atomic mass is 9.86. The third-order valence-corrected chi connectivity index (χ3v) is 4.31. The molecular weight excluding hydrogens is 186 g/mol. The molecule has 0 radical (unpaired) electrons. The Morgan fingerprint density at radius 3 is 2.67 bits per heavy atom. The second-order valence-electron chi connectivity index (χ2n) is 5.31. The first-order valence-corrected chi connectivity index (χ1v) is 6.73. The van der Waals surface area contributed by atoms with Crippen LogP contribution in [-0.4, -0.2) is 35.2 Å². The Balaban J connectivity index is 1.84. The molecule has 1 saturated carbocycles. The van der Waals surface area contributed by atoms with E-state index >= 15 is 0 Å². The number of aliphatic hydroxyl groups is 1. The lowest BCUT2D eigenvalue weighted by molar-refractivity contribution is 0.0434. The fourth-order valence-corrected chi connectivity index (χ4v) is 3.30. The Morgan fingerprint density at radius 2 is 1.93 bits per heavy atom. The maximum absolute atomic E-state index is 9.96. The molecule has 1 aliphatic carbocycles. The van der Waals surface area contributed by atoms with Crippen LogP contribution < -0.4 is 0 Å². The smallest absolute Gasteiger partial charge is 0.0580 e. The lowest BCUT2D eigenvalue weighted by Gasteiger charge is -2.33. The molecule has 0 amide bonds. The molecular formula is C13H25NO. The van der Waals surface area contributed by atoms with Crippen LogP contribution >= 0.6 is 0 Å². The number of nitrogens with zero attached hydrogens (tertiary/aromatic N) is 1. The Hall–Kier alpha value is -0.0800. The minimum Gasteiger partial charge on any atom is -0.393 e. The molecule has 3 atom stereocenters. The molecule has 0 aromatic rings. The average Bonchev–Trinajstić information content (AvgIpc) is 2.69. The molecule has 88 valence electrons. The van der Waals surface area contributed by atoms with Gasteiger partial charge in [0.05, 0.1) is 6.10 Å². The van der Waals surface area contributed by atoms with Crippen molar-refractivity contribution < 1.29 is 5.11 Å². The van der Waals surface area contributed by atoms with E-state index in [1.807, 2.05) is 0 Å². The van der Waals surface area contributed by atoms with E-state index < -0.39 is 0 Å². The van der Waals surface area contributed by atoms with Crippen LogP contribution in [0.5, 0.6) is 0 Å². The van der Waals surface area contributed by atoms with Gasteiger partial charge < -0.3 is 10.0 Å². The van der Waals surface area contributed by atoms with Gasteiger partial charge in [-0.05, 0) is 44.6 Å². The van der Waals surface area contributed by atoms with Gasteiger partial charge >= 0.3 is 0 Å². The molecule has 0 aromatic carbocycles. The van der Waals surface area contributed by atoms with E-state index in [0.717, 1.165) is 19.0 Å². The van der Waals surface area contributed by atoms with E-state index in [0.29, 0.717) is 5.92 Å². The van der Waals surface area contributed by atoms with Gasteiger partial charge in [-0.1, -0.05) is 19.8 Å². The van der Waals surface area contributed by atoms with E-state index in [9.17, 15) is 5.11 Å². The van der Waals surface area contributed by atoms with Crippen LogP contribution in [0.1, 0.15) is 51.9 Å². The molecule has 1 N–H and O–H groups in total. The van der Waals surface area contributed by atoms with E-state index in [2.05, 4.69) is 11.8 Å². The first-order valence-electron chi connectivity index (χ1n) is 6.73. The van der Waals surface area contributed by atoms with Gasteiger partial charge in [0.25, 0.3) is 0 Å². The Morgan fingerprint density at radius 1 is 1.13 bits per heavy atom. The highest BCUT2D eigenvalue weighted by Gasteiger charge is 2.29. The quantitative estimate of drug-likeness (QED) is 0.775. The fourth-order valence-electron chi connectivity index (χ4n) is 3.30. The third kappa shape index (κ3) is 2.73. The first kappa shape index (κ1) is 11.4. The molecule has 0 spiro atoms. The Labute approximate surface area is 93.7 Å². The van der Waals surface area contributed by atoms with Crippen molar-refractivity contribution >= 4 is 0 Å². The Kier molecular flexibility index (Phi) is 4.04. The molecule has 2 heteroatoms. The van der Waals surface area contributed by atoms with Gasteiger partial charge in [0.1, 0.15) is 0 Å². The van der Waals surface area contributed by atoms with Gasteiger partial charge in [0, 0.05) is 12.6 Å². The number of hydrogen-bond donors (Lipinski definition) is 1. The van der Waals surface area contributed by atoms with Crippen molar-refractivity contribution in [1.82, 2.24) is 4.90 Å². The van der Waals surface area contributed by atoms with Crippen molar-refractivity contribution in [2.24, 2.45) is 5.92 Å². The van der Waals surface area contributed by atoms with E-state index in [1.54, 1.807) is 0 Å². The molecule has 1 aliphatic heterocycles. The summed E-state index contributed by atoms with van der Waals surface area (Å²) in [6.07, 6.45) is 8.84. The van der Waals surface area contributed by atoms with Crippen molar-refractivity contribution in [3.63, 3.8) is 0 Å². The summed E-state index contributed by atoms with van der Waals surface area (Å²) in [5.74, 6) is 0.561. The van der Waals surface area contributed by atoms with Gasteiger partial charge in [0.2, 0.25) is 0 Å². The zero-order valence-electron chi connectivity index (χ0n) is 9.99. The van der Waals surface area contributed by atoms with Crippen molar-refractivity contribution in [2.75, 3.05) is 13.1 Å². The predicted octanol–water partition coefficient (Wildman–Crippen LogP) is 2.41. The molecule has 2 nitrogen and oxygen atoms in total. The highest BCUT2D eigenvalue weighted by molar-refractivity contribution is 4.83. The number of hydrogen-bond acceptors (Lipinski definition) is 2. The second kappa shape index (κ2) is 5.31. The molecule has 2 fully saturated rings. The van der Waals surface area contributed by atoms with Crippen LogP contribution in [0.3, 0.4) is 0 Å². The zero-order valence-corrected chi connectivity index (χ0v) is 9.99. The standard InChI is InChI=1S/C13H25NO/c1-2-12-7-5-9-14(12)10-11-6-3-4-8-13(11)15/h11-13,15H,2-10H2,1H3. The number of aliphatic hydroxyl groups excluding tert-OH is 1. The van der Waals surface area contributed by atoms with Crippen molar-refractivity contribution in [3.8, 4) is 0 Å². The molecule has 0 aromatic heterocycles. The van der Waals surface area contributed by atoms with Gasteiger partial charge in [0.15, 0.2) is 0 Å². The monoisotopic (exact) mass is 211 g/mol. The molecule has 15 heavy (non-hydrogen) atoms. The van der Waals surface area contributed by atoms with Crippen LogP contribution in [0.25, 0.3) is 0 Å². The van der Waals surface area contributed by atoms with Crippen LogP contribution in [0.2, 0.25) is 0 Å². The van der Waals surface area contributed by atoms with Crippen LogP contribution in [0.4, 0.5) is 0 Å². The largest absolute Gasteiger partial charge is 0.393 e. The summed E-state index contributed by atoms with van der Waals surface area (Å²) in [6.45, 7) is 4.71. The predicted molar refractivity (Wildman–Crippen MR) is 62.9 cm³/mol. The van der Waals surface area contributed by atoms with Crippen LogP contribution in [-0.2, 0) is 0 Å². The second-order valence-corrected chi connectivity index (χ2v) is 5.31. The summed E-state index contributed by atoms with van der Waals surface area (Å²) in [7, 11) is 0. The summed E-state index contributed by atoms with van der Waals surface area (Å²) >= 11 is 0. The van der Waals surface area contributed by atoms with E-state index in [-0.39, 0.29) is 6.10 Å². The fraction of sp³-hybridized carbons (Fsp3) is 1.00. The number of rotatable bonds is 3. The van der Waals surface area contributed by atoms with Gasteiger partial charge in [-0.3, -0.25) is 0 Å². The van der Waals surface area contributed by atoms with Crippen LogP contribution in [0, 0.1) is 5.92 Å². The van der Waals surface area contributed by atoms with Crippen molar-refractivity contribution in [3.05, 3.63) is 0 Å². The normalized spacial score (nSPS) is 38.4. The molecule has 1 heterocycles. The van der Waals surface area contributed by atoms with E-state index in [4.69, 9.17) is 0 Å². The van der Waals surface area contributed by atoms with Crippen molar-refractivity contribution in [1.29, 1.82) is 0 Å². The SMILES string of the molecule is CCC1CCCN1CC1CCCCC1O. The zero-order chi connectivity index (χ0) is 10.7. The molecule has 1 saturated heterocycles. The minimum absolute atomic E-state index is 0.0168. The average molecular weight is 211 g/mol. The lowest BCUT2D eigenvalue weighted by Crippen LogP contribution is -2.39. The van der Waals surface area contributed by atoms with Gasteiger partial charge in [-0.15, -0.1) is 0 Å². The molecule has 2 aliphatic rings. The highest BCUT2D eigenvalue weighted by atomic mass is 16.3. The molecule has 2 rings (SSSR count). The summed E-state index contributed by atoms with van der Waals surface area (Å²) in [5, 5.41) is 9.96. The van der Waals surface area contributed by atoms with Crippen molar-refractivity contribution in [2.45, 2.75) is 64.0 Å². The Bertz CT molecular complexity index is 195. The summed E-state index contributed by atoms with van der Waals surface area (Å²) in [5.41, 5.74) is 0. The number of likely N-dealkylation sites (tertiary alicyclic amines) is 1. The van der Waals surface area contributed by atoms with Crippen LogP contribution in [0.15, 0.2) is 0 Å². The summed E-state index contributed by atoms with van der Waals surface area (Å²) in [6, 6.07) is 0.805. The maximum Gasteiger partial charge on any atom is 0.0580 e. The topological polar surface area (TPSA) is 23.5 Å². The third-order valence-electron chi connectivity index (χ3n) is 4.31. The molecule has 0 bridgehead atoms. The minimum atomic E-state index is -0.0168. The first-order chi connectivity index (χ1) is 7.31. The van der Waals surface area contributed by atoms with Gasteiger partial charge in [-0.2, -0.15) is 0 Å². The summed E-state index contributed by atoms with van der Waals surface area (Å²) < 4.78 is 0. The molecule has 3 unspecified atom stereocenters.